The molecule has 0 radical (unpaired) electrons. The predicted molar refractivity (Wildman–Crippen MR) is 114 cm³/mol. The van der Waals surface area contributed by atoms with Crippen molar-refractivity contribution in [1.29, 1.82) is 5.41 Å². The lowest BCUT2D eigenvalue weighted by atomic mass is 10.0. The van der Waals surface area contributed by atoms with Gasteiger partial charge in [0.15, 0.2) is 5.17 Å². The largest absolute Gasteiger partial charge is 0.278 e. The van der Waals surface area contributed by atoms with Crippen molar-refractivity contribution < 1.29 is 4.79 Å². The maximum atomic E-state index is 12.8. The summed E-state index contributed by atoms with van der Waals surface area (Å²) in [5.74, 6) is -0.150. The number of rotatable bonds is 3. The van der Waals surface area contributed by atoms with Crippen LogP contribution in [0.1, 0.15) is 11.1 Å². The van der Waals surface area contributed by atoms with Crippen LogP contribution in [0.3, 0.4) is 0 Å². The molecule has 4 rings (SSSR count). The monoisotopic (exact) mass is 370 g/mol. The number of carbonyl (C=O) groups excluding carboxylic acids is 1. The SMILES string of the molecule is Cc1cccc(N2C(=N)S/C(=C\c3ccc(-c4ccccc4)cc3)C2=O)c1. The minimum atomic E-state index is -0.150. The van der Waals surface area contributed by atoms with Crippen LogP contribution in [0.2, 0.25) is 0 Å². The first-order valence-corrected chi connectivity index (χ1v) is 9.48. The Morgan fingerprint density at radius 1 is 0.889 bits per heavy atom. The van der Waals surface area contributed by atoms with Gasteiger partial charge in [-0.1, -0.05) is 66.7 Å². The number of thioether (sulfide) groups is 1. The summed E-state index contributed by atoms with van der Waals surface area (Å²) in [5.41, 5.74) is 5.05. The van der Waals surface area contributed by atoms with Crippen molar-refractivity contribution in [3.63, 3.8) is 0 Å². The molecule has 132 valence electrons. The lowest BCUT2D eigenvalue weighted by molar-refractivity contribution is -0.113. The molecule has 27 heavy (non-hydrogen) atoms. The summed E-state index contributed by atoms with van der Waals surface area (Å²) in [4.78, 5) is 14.8. The van der Waals surface area contributed by atoms with Crippen molar-refractivity contribution in [2.45, 2.75) is 6.92 Å². The van der Waals surface area contributed by atoms with Gasteiger partial charge in [-0.2, -0.15) is 0 Å². The van der Waals surface area contributed by atoms with Crippen LogP contribution in [0, 0.1) is 12.3 Å². The first-order chi connectivity index (χ1) is 13.1. The zero-order valence-electron chi connectivity index (χ0n) is 14.8. The van der Waals surface area contributed by atoms with Gasteiger partial charge in [0, 0.05) is 0 Å². The number of amides is 1. The van der Waals surface area contributed by atoms with Gasteiger partial charge in [-0.05, 0) is 59.1 Å². The number of nitrogens with zero attached hydrogens (tertiary/aromatic N) is 1. The van der Waals surface area contributed by atoms with E-state index in [0.717, 1.165) is 27.9 Å². The lowest BCUT2D eigenvalue weighted by Crippen LogP contribution is -2.28. The minimum Gasteiger partial charge on any atom is -0.278 e. The average Bonchev–Trinajstić information content (AvgIpc) is 2.96. The molecule has 0 saturated carbocycles. The molecule has 3 aromatic rings. The highest BCUT2D eigenvalue weighted by Gasteiger charge is 2.33. The number of anilines is 1. The van der Waals surface area contributed by atoms with Crippen molar-refractivity contribution in [3.05, 3.63) is 94.9 Å². The number of aryl methyl sites for hydroxylation is 1. The summed E-state index contributed by atoms with van der Waals surface area (Å²) in [7, 11) is 0. The van der Waals surface area contributed by atoms with E-state index < -0.39 is 0 Å². The number of nitrogens with one attached hydrogen (secondary N) is 1. The molecule has 1 fully saturated rings. The van der Waals surface area contributed by atoms with Gasteiger partial charge in [0.1, 0.15) is 0 Å². The van der Waals surface area contributed by atoms with Gasteiger partial charge in [-0.3, -0.25) is 15.1 Å². The average molecular weight is 370 g/mol. The molecular formula is C23H18N2OS. The highest BCUT2D eigenvalue weighted by molar-refractivity contribution is 8.19. The van der Waals surface area contributed by atoms with Gasteiger partial charge < -0.3 is 0 Å². The van der Waals surface area contributed by atoms with E-state index in [2.05, 4.69) is 24.3 Å². The molecule has 1 aliphatic rings. The molecule has 1 saturated heterocycles. The number of carbonyl (C=O) groups is 1. The van der Waals surface area contributed by atoms with Gasteiger partial charge in [0.05, 0.1) is 10.6 Å². The highest BCUT2D eigenvalue weighted by Crippen LogP contribution is 2.35. The Labute approximate surface area is 162 Å². The van der Waals surface area contributed by atoms with Crippen LogP contribution in [-0.4, -0.2) is 11.1 Å². The first-order valence-electron chi connectivity index (χ1n) is 8.66. The topological polar surface area (TPSA) is 44.2 Å². The molecule has 1 amide bonds. The number of hydrogen-bond donors (Lipinski definition) is 1. The van der Waals surface area contributed by atoms with E-state index in [1.165, 1.54) is 16.7 Å². The third kappa shape index (κ3) is 3.57. The Hall–Kier alpha value is -3.11. The fourth-order valence-corrected chi connectivity index (χ4v) is 3.90. The Balaban J connectivity index is 1.59. The van der Waals surface area contributed by atoms with Crippen LogP contribution in [0.15, 0.2) is 83.8 Å². The van der Waals surface area contributed by atoms with Crippen LogP contribution in [0.4, 0.5) is 5.69 Å². The second-order valence-corrected chi connectivity index (χ2v) is 7.41. The fourth-order valence-electron chi connectivity index (χ4n) is 3.04. The normalized spacial score (nSPS) is 15.6. The van der Waals surface area contributed by atoms with Gasteiger partial charge >= 0.3 is 0 Å². The Morgan fingerprint density at radius 3 is 2.30 bits per heavy atom. The lowest BCUT2D eigenvalue weighted by Gasteiger charge is -2.14. The molecule has 3 nitrogen and oxygen atoms in total. The summed E-state index contributed by atoms with van der Waals surface area (Å²) in [5, 5.41) is 8.45. The number of benzene rings is 3. The van der Waals surface area contributed by atoms with E-state index in [0.29, 0.717) is 4.91 Å². The molecular weight excluding hydrogens is 352 g/mol. The van der Waals surface area contributed by atoms with E-state index in [4.69, 9.17) is 5.41 Å². The number of amidine groups is 1. The van der Waals surface area contributed by atoms with E-state index in [-0.39, 0.29) is 11.1 Å². The smallest absolute Gasteiger partial charge is 0.271 e. The van der Waals surface area contributed by atoms with Crippen molar-refractivity contribution in [2.24, 2.45) is 0 Å². The molecule has 0 aromatic heterocycles. The Kier molecular flexibility index (Phi) is 4.65. The van der Waals surface area contributed by atoms with Crippen molar-refractivity contribution in [2.75, 3.05) is 4.90 Å². The van der Waals surface area contributed by atoms with Crippen LogP contribution in [-0.2, 0) is 4.79 Å². The molecule has 0 atom stereocenters. The fraction of sp³-hybridized carbons (Fsp3) is 0.0435. The zero-order chi connectivity index (χ0) is 18.8. The summed E-state index contributed by atoms with van der Waals surface area (Å²) >= 11 is 1.20. The standard InChI is InChI=1S/C23H18N2OS/c1-16-6-5-9-20(14-16)25-22(26)21(27-23(25)24)15-17-10-12-19(13-11-17)18-7-3-2-4-8-18/h2-15,24H,1H3/b21-15-,24-23?. The first kappa shape index (κ1) is 17.3. The summed E-state index contributed by atoms with van der Waals surface area (Å²) in [6.45, 7) is 1.98. The maximum absolute atomic E-state index is 12.8. The van der Waals surface area contributed by atoms with Gasteiger partial charge in [0.2, 0.25) is 0 Å². The predicted octanol–water partition coefficient (Wildman–Crippen LogP) is 5.72. The summed E-state index contributed by atoms with van der Waals surface area (Å²) in [6.07, 6.45) is 1.85. The molecule has 0 aliphatic carbocycles. The van der Waals surface area contributed by atoms with E-state index in [9.17, 15) is 4.79 Å². The van der Waals surface area contributed by atoms with Crippen LogP contribution in [0.5, 0.6) is 0 Å². The second-order valence-electron chi connectivity index (χ2n) is 6.38. The van der Waals surface area contributed by atoms with E-state index >= 15 is 0 Å². The van der Waals surface area contributed by atoms with Crippen LogP contribution in [0.25, 0.3) is 17.2 Å². The Bertz CT molecular complexity index is 1040. The molecule has 1 heterocycles. The molecule has 0 bridgehead atoms. The van der Waals surface area contributed by atoms with Crippen LogP contribution >= 0.6 is 11.8 Å². The molecule has 0 unspecified atom stereocenters. The van der Waals surface area contributed by atoms with Crippen molar-refractivity contribution >= 4 is 34.6 Å². The Morgan fingerprint density at radius 2 is 1.59 bits per heavy atom. The van der Waals surface area contributed by atoms with Crippen molar-refractivity contribution in [1.82, 2.24) is 0 Å². The molecule has 1 N–H and O–H groups in total. The summed E-state index contributed by atoms with van der Waals surface area (Å²) in [6, 6.07) is 26.0. The third-order valence-electron chi connectivity index (χ3n) is 4.40. The molecule has 0 spiro atoms. The van der Waals surface area contributed by atoms with Crippen LogP contribution < -0.4 is 4.90 Å². The van der Waals surface area contributed by atoms with Gasteiger partial charge in [-0.25, -0.2) is 0 Å². The molecule has 4 heteroatoms. The second kappa shape index (κ2) is 7.25. The summed E-state index contributed by atoms with van der Waals surface area (Å²) < 4.78 is 0. The quantitative estimate of drug-likeness (QED) is 0.600. The number of hydrogen-bond acceptors (Lipinski definition) is 3. The van der Waals surface area contributed by atoms with Gasteiger partial charge in [-0.15, -0.1) is 0 Å². The van der Waals surface area contributed by atoms with E-state index in [1.54, 1.807) is 0 Å². The van der Waals surface area contributed by atoms with Gasteiger partial charge in [0.25, 0.3) is 5.91 Å². The van der Waals surface area contributed by atoms with E-state index in [1.807, 2.05) is 67.6 Å². The third-order valence-corrected chi connectivity index (χ3v) is 5.29. The molecule has 1 aliphatic heterocycles. The zero-order valence-corrected chi connectivity index (χ0v) is 15.7. The van der Waals surface area contributed by atoms with Crippen molar-refractivity contribution in [3.8, 4) is 11.1 Å². The molecule has 3 aromatic carbocycles. The maximum Gasteiger partial charge on any atom is 0.271 e. The minimum absolute atomic E-state index is 0.150. The highest BCUT2D eigenvalue weighted by atomic mass is 32.2.